The van der Waals surface area contributed by atoms with Crippen LogP contribution in [0.15, 0.2) is 4.47 Å². The molecule has 0 bridgehead atoms. The van der Waals surface area contributed by atoms with Gasteiger partial charge in [0.1, 0.15) is 0 Å². The molecule has 2 atom stereocenters. The maximum absolute atomic E-state index is 4.45. The monoisotopic (exact) mass is 285 g/mol. The summed E-state index contributed by atoms with van der Waals surface area (Å²) in [4.78, 5) is 0. The van der Waals surface area contributed by atoms with E-state index in [1.165, 1.54) is 23.0 Å². The SMILES string of the molecule is CNCC1CCC1Cc1c(Br)c(C)nn1C. The second-order valence-electron chi connectivity index (χ2n) is 4.83. The lowest BCUT2D eigenvalue weighted by atomic mass is 9.71. The van der Waals surface area contributed by atoms with E-state index in [0.29, 0.717) is 0 Å². The van der Waals surface area contributed by atoms with Crippen LogP contribution in [0.5, 0.6) is 0 Å². The summed E-state index contributed by atoms with van der Waals surface area (Å²) in [6, 6.07) is 0. The number of nitrogens with one attached hydrogen (secondary N) is 1. The minimum absolute atomic E-state index is 0.832. The maximum atomic E-state index is 4.45. The van der Waals surface area contributed by atoms with Crippen molar-refractivity contribution in [1.82, 2.24) is 15.1 Å². The first-order valence-electron chi connectivity index (χ1n) is 5.96. The molecular weight excluding hydrogens is 266 g/mol. The van der Waals surface area contributed by atoms with Crippen molar-refractivity contribution in [2.45, 2.75) is 26.2 Å². The van der Waals surface area contributed by atoms with Crippen LogP contribution in [0.1, 0.15) is 24.2 Å². The van der Waals surface area contributed by atoms with E-state index >= 15 is 0 Å². The second kappa shape index (κ2) is 4.88. The van der Waals surface area contributed by atoms with Crippen molar-refractivity contribution >= 4 is 15.9 Å². The van der Waals surface area contributed by atoms with E-state index in [1.807, 2.05) is 18.8 Å². The standard InChI is InChI=1S/C12H20BrN3/c1-8-12(13)11(16(3)15-8)6-9-4-5-10(9)7-14-2/h9-10,14H,4-7H2,1-3H3. The fraction of sp³-hybridized carbons (Fsp3) is 0.750. The largest absolute Gasteiger partial charge is 0.319 e. The van der Waals surface area contributed by atoms with Crippen molar-refractivity contribution < 1.29 is 0 Å². The molecule has 1 N–H and O–H groups in total. The highest BCUT2D eigenvalue weighted by molar-refractivity contribution is 9.10. The van der Waals surface area contributed by atoms with Crippen LogP contribution in [0, 0.1) is 18.8 Å². The summed E-state index contributed by atoms with van der Waals surface area (Å²) in [6.07, 6.45) is 3.90. The van der Waals surface area contributed by atoms with Gasteiger partial charge in [0.25, 0.3) is 0 Å². The smallest absolute Gasteiger partial charge is 0.0738 e. The number of halogens is 1. The Morgan fingerprint density at radius 2 is 2.12 bits per heavy atom. The van der Waals surface area contributed by atoms with Gasteiger partial charge in [-0.1, -0.05) is 0 Å². The molecule has 2 unspecified atom stereocenters. The van der Waals surface area contributed by atoms with Crippen molar-refractivity contribution in [2.24, 2.45) is 18.9 Å². The highest BCUT2D eigenvalue weighted by Gasteiger charge is 2.31. The first-order chi connectivity index (χ1) is 7.63. The Morgan fingerprint density at radius 3 is 2.56 bits per heavy atom. The molecule has 1 aliphatic rings. The Bertz CT molecular complexity index is 373. The Hall–Kier alpha value is -0.350. The molecular formula is C12H20BrN3. The molecule has 1 fully saturated rings. The summed E-state index contributed by atoms with van der Waals surface area (Å²) < 4.78 is 3.22. The zero-order chi connectivity index (χ0) is 11.7. The lowest BCUT2D eigenvalue weighted by Gasteiger charge is -2.36. The number of hydrogen-bond acceptors (Lipinski definition) is 2. The zero-order valence-corrected chi connectivity index (χ0v) is 11.8. The van der Waals surface area contributed by atoms with Gasteiger partial charge in [0.05, 0.1) is 15.9 Å². The molecule has 0 spiro atoms. The first-order valence-corrected chi connectivity index (χ1v) is 6.75. The van der Waals surface area contributed by atoms with E-state index in [0.717, 1.165) is 30.5 Å². The molecule has 16 heavy (non-hydrogen) atoms. The Balaban J connectivity index is 2.04. The Labute approximate surface area is 106 Å². The third-order valence-electron chi connectivity index (χ3n) is 3.76. The Kier molecular flexibility index (Phi) is 3.70. The topological polar surface area (TPSA) is 29.9 Å². The minimum atomic E-state index is 0.832. The molecule has 0 amide bonds. The quantitative estimate of drug-likeness (QED) is 0.920. The average molecular weight is 286 g/mol. The maximum Gasteiger partial charge on any atom is 0.0738 e. The number of hydrogen-bond donors (Lipinski definition) is 1. The molecule has 2 rings (SSSR count). The summed E-state index contributed by atoms with van der Waals surface area (Å²) in [6.45, 7) is 3.21. The van der Waals surface area contributed by atoms with Gasteiger partial charge in [-0.15, -0.1) is 0 Å². The highest BCUT2D eigenvalue weighted by Crippen LogP contribution is 2.37. The van der Waals surface area contributed by atoms with Gasteiger partial charge in [0.2, 0.25) is 0 Å². The molecule has 0 aliphatic heterocycles. The van der Waals surface area contributed by atoms with Gasteiger partial charge in [-0.3, -0.25) is 4.68 Å². The lowest BCUT2D eigenvalue weighted by Crippen LogP contribution is -2.35. The van der Waals surface area contributed by atoms with E-state index < -0.39 is 0 Å². The molecule has 1 heterocycles. The molecule has 1 saturated carbocycles. The Morgan fingerprint density at radius 1 is 1.44 bits per heavy atom. The third kappa shape index (κ3) is 2.18. The average Bonchev–Trinajstić information content (AvgIpc) is 2.46. The van der Waals surface area contributed by atoms with Crippen molar-refractivity contribution in [1.29, 1.82) is 0 Å². The highest BCUT2D eigenvalue weighted by atomic mass is 79.9. The van der Waals surface area contributed by atoms with Crippen LogP contribution >= 0.6 is 15.9 Å². The van der Waals surface area contributed by atoms with Gasteiger partial charge in [-0.25, -0.2) is 0 Å². The molecule has 3 nitrogen and oxygen atoms in total. The minimum Gasteiger partial charge on any atom is -0.319 e. The molecule has 0 saturated heterocycles. The van der Waals surface area contributed by atoms with E-state index in [-0.39, 0.29) is 0 Å². The van der Waals surface area contributed by atoms with Gasteiger partial charge >= 0.3 is 0 Å². The molecule has 0 radical (unpaired) electrons. The number of nitrogens with zero attached hydrogens (tertiary/aromatic N) is 2. The van der Waals surface area contributed by atoms with Gasteiger partial charge in [0.15, 0.2) is 0 Å². The van der Waals surface area contributed by atoms with Gasteiger partial charge in [0, 0.05) is 7.05 Å². The summed E-state index contributed by atoms with van der Waals surface area (Å²) in [7, 11) is 4.08. The number of rotatable bonds is 4. The van der Waals surface area contributed by atoms with Crippen LogP contribution in [-0.2, 0) is 13.5 Å². The summed E-state index contributed by atoms with van der Waals surface area (Å²) >= 11 is 3.64. The van der Waals surface area contributed by atoms with Crippen molar-refractivity contribution in [3.05, 3.63) is 15.9 Å². The molecule has 4 heteroatoms. The number of aryl methyl sites for hydroxylation is 2. The fourth-order valence-electron chi connectivity index (χ4n) is 2.59. The summed E-state index contributed by atoms with van der Waals surface area (Å²) in [5.41, 5.74) is 2.45. The predicted octanol–water partition coefficient (Wildman–Crippen LogP) is 2.28. The summed E-state index contributed by atoms with van der Waals surface area (Å²) in [5, 5.41) is 7.73. The van der Waals surface area contributed by atoms with Gasteiger partial charge < -0.3 is 5.32 Å². The van der Waals surface area contributed by atoms with Gasteiger partial charge in [-0.2, -0.15) is 5.10 Å². The van der Waals surface area contributed by atoms with E-state index in [4.69, 9.17) is 0 Å². The second-order valence-corrected chi connectivity index (χ2v) is 5.62. The predicted molar refractivity (Wildman–Crippen MR) is 69.5 cm³/mol. The fourth-order valence-corrected chi connectivity index (χ4v) is 3.09. The number of aromatic nitrogens is 2. The van der Waals surface area contributed by atoms with Crippen molar-refractivity contribution in [3.63, 3.8) is 0 Å². The van der Waals surface area contributed by atoms with Crippen LogP contribution in [0.4, 0.5) is 0 Å². The van der Waals surface area contributed by atoms with E-state index in [2.05, 4.69) is 33.3 Å². The van der Waals surface area contributed by atoms with E-state index in [1.54, 1.807) is 0 Å². The first kappa shape index (κ1) is 12.1. The summed E-state index contributed by atoms with van der Waals surface area (Å²) in [5.74, 6) is 1.69. The van der Waals surface area contributed by atoms with Crippen molar-refractivity contribution in [2.75, 3.05) is 13.6 Å². The van der Waals surface area contributed by atoms with Crippen LogP contribution in [-0.4, -0.2) is 23.4 Å². The van der Waals surface area contributed by atoms with Crippen LogP contribution in [0.25, 0.3) is 0 Å². The van der Waals surface area contributed by atoms with Crippen LogP contribution in [0.2, 0.25) is 0 Å². The van der Waals surface area contributed by atoms with E-state index in [9.17, 15) is 0 Å². The molecule has 90 valence electrons. The van der Waals surface area contributed by atoms with Crippen LogP contribution in [0.3, 0.4) is 0 Å². The van der Waals surface area contributed by atoms with Gasteiger partial charge in [-0.05, 0) is 67.5 Å². The molecule has 1 aromatic rings. The van der Waals surface area contributed by atoms with Crippen molar-refractivity contribution in [3.8, 4) is 0 Å². The molecule has 1 aliphatic carbocycles. The lowest BCUT2D eigenvalue weighted by molar-refractivity contribution is 0.171. The third-order valence-corrected chi connectivity index (χ3v) is 4.79. The normalized spacial score (nSPS) is 24.5. The zero-order valence-electron chi connectivity index (χ0n) is 10.3. The molecule has 1 aromatic heterocycles. The van der Waals surface area contributed by atoms with Crippen LogP contribution < -0.4 is 5.32 Å². The molecule has 0 aromatic carbocycles.